The van der Waals surface area contributed by atoms with Gasteiger partial charge in [-0.3, -0.25) is 0 Å². The average Bonchev–Trinajstić information content (AvgIpc) is 3.05. The van der Waals surface area contributed by atoms with Crippen molar-refractivity contribution in [2.45, 2.75) is 37.0 Å². The Kier molecular flexibility index (Phi) is 3.72. The van der Waals surface area contributed by atoms with E-state index in [-0.39, 0.29) is 0 Å². The zero-order valence-corrected chi connectivity index (χ0v) is 11.2. The molecular formula is C15H21NS. The average molecular weight is 247 g/mol. The molecule has 1 aromatic rings. The van der Waals surface area contributed by atoms with E-state index in [4.69, 9.17) is 0 Å². The first-order chi connectivity index (χ1) is 8.42. The van der Waals surface area contributed by atoms with Crippen LogP contribution in [-0.2, 0) is 12.8 Å². The van der Waals surface area contributed by atoms with Gasteiger partial charge < -0.3 is 5.32 Å². The first kappa shape index (κ1) is 11.6. The van der Waals surface area contributed by atoms with E-state index in [1.807, 2.05) is 11.8 Å². The molecule has 3 rings (SSSR count). The Balaban J connectivity index is 1.41. The Labute approximate surface area is 108 Å². The molecule has 1 N–H and O–H groups in total. The van der Waals surface area contributed by atoms with Crippen molar-refractivity contribution in [2.75, 3.05) is 18.8 Å². The maximum Gasteiger partial charge on any atom is 0.0106 e. The standard InChI is InChI=1S/C15H21NS/c1-2-13-6-7-15(10-14(13)3-1)17-9-8-16-11-12-4-5-12/h6-7,10,12,16H,1-5,8-9,11H2. The lowest BCUT2D eigenvalue weighted by Crippen LogP contribution is -2.19. The molecule has 1 saturated carbocycles. The lowest BCUT2D eigenvalue weighted by molar-refractivity contribution is 0.666. The van der Waals surface area contributed by atoms with Crippen LogP contribution in [0.4, 0.5) is 0 Å². The van der Waals surface area contributed by atoms with Gasteiger partial charge in [0, 0.05) is 17.2 Å². The number of hydrogen-bond donors (Lipinski definition) is 1. The van der Waals surface area contributed by atoms with Gasteiger partial charge in [0.15, 0.2) is 0 Å². The van der Waals surface area contributed by atoms with Gasteiger partial charge in [0.05, 0.1) is 0 Å². The van der Waals surface area contributed by atoms with Crippen molar-refractivity contribution in [1.29, 1.82) is 0 Å². The topological polar surface area (TPSA) is 12.0 Å². The quantitative estimate of drug-likeness (QED) is 0.611. The second kappa shape index (κ2) is 5.45. The van der Waals surface area contributed by atoms with E-state index >= 15 is 0 Å². The van der Waals surface area contributed by atoms with E-state index in [2.05, 4.69) is 23.5 Å². The summed E-state index contributed by atoms with van der Waals surface area (Å²) in [6.07, 6.45) is 6.84. The zero-order valence-electron chi connectivity index (χ0n) is 10.4. The van der Waals surface area contributed by atoms with Crippen molar-refractivity contribution >= 4 is 11.8 Å². The normalized spacial score (nSPS) is 18.4. The molecular weight excluding hydrogens is 226 g/mol. The van der Waals surface area contributed by atoms with Crippen molar-refractivity contribution in [1.82, 2.24) is 5.32 Å². The monoisotopic (exact) mass is 247 g/mol. The second-order valence-corrected chi connectivity index (χ2v) is 6.45. The molecule has 1 fully saturated rings. The highest BCUT2D eigenvalue weighted by molar-refractivity contribution is 7.99. The van der Waals surface area contributed by atoms with Gasteiger partial charge in [-0.15, -0.1) is 11.8 Å². The molecule has 0 aromatic heterocycles. The van der Waals surface area contributed by atoms with E-state index in [1.165, 1.54) is 49.3 Å². The smallest absolute Gasteiger partial charge is 0.0106 e. The Hall–Kier alpha value is -0.470. The van der Waals surface area contributed by atoms with Crippen molar-refractivity contribution in [2.24, 2.45) is 5.92 Å². The largest absolute Gasteiger partial charge is 0.316 e. The predicted octanol–water partition coefficient (Wildman–Crippen LogP) is 3.27. The Morgan fingerprint density at radius 3 is 2.94 bits per heavy atom. The number of nitrogens with one attached hydrogen (secondary N) is 1. The van der Waals surface area contributed by atoms with Crippen molar-refractivity contribution < 1.29 is 0 Å². The van der Waals surface area contributed by atoms with Crippen molar-refractivity contribution in [3.8, 4) is 0 Å². The highest BCUT2D eigenvalue weighted by Crippen LogP contribution is 2.28. The summed E-state index contributed by atoms with van der Waals surface area (Å²) in [5, 5.41) is 3.55. The van der Waals surface area contributed by atoms with Gasteiger partial charge in [0.1, 0.15) is 0 Å². The molecule has 0 heterocycles. The summed E-state index contributed by atoms with van der Waals surface area (Å²) in [4.78, 5) is 1.46. The molecule has 92 valence electrons. The van der Waals surface area contributed by atoms with Gasteiger partial charge in [-0.1, -0.05) is 6.07 Å². The number of benzene rings is 1. The van der Waals surface area contributed by atoms with Crippen LogP contribution in [0.2, 0.25) is 0 Å². The summed E-state index contributed by atoms with van der Waals surface area (Å²) in [5.41, 5.74) is 3.18. The fraction of sp³-hybridized carbons (Fsp3) is 0.600. The molecule has 0 unspecified atom stereocenters. The summed E-state index contributed by atoms with van der Waals surface area (Å²) < 4.78 is 0. The van der Waals surface area contributed by atoms with Crippen molar-refractivity contribution in [3.63, 3.8) is 0 Å². The molecule has 0 saturated heterocycles. The number of rotatable bonds is 6. The molecule has 0 aliphatic heterocycles. The van der Waals surface area contributed by atoms with Crippen LogP contribution in [0.3, 0.4) is 0 Å². The van der Waals surface area contributed by atoms with Crippen LogP contribution in [0, 0.1) is 5.92 Å². The SMILES string of the molecule is c1cc2c(cc1SCCNCC1CC1)CCC2. The third kappa shape index (κ3) is 3.26. The van der Waals surface area contributed by atoms with Crippen LogP contribution in [0.5, 0.6) is 0 Å². The third-order valence-corrected chi connectivity index (χ3v) is 4.74. The minimum absolute atomic E-state index is 1.000. The van der Waals surface area contributed by atoms with Gasteiger partial charge in [0.2, 0.25) is 0 Å². The molecule has 0 spiro atoms. The lowest BCUT2D eigenvalue weighted by Gasteiger charge is -2.06. The molecule has 17 heavy (non-hydrogen) atoms. The zero-order chi connectivity index (χ0) is 11.5. The molecule has 2 aliphatic rings. The highest BCUT2D eigenvalue weighted by atomic mass is 32.2. The van der Waals surface area contributed by atoms with E-state index in [9.17, 15) is 0 Å². The number of fused-ring (bicyclic) bond motifs is 1. The first-order valence-electron chi connectivity index (χ1n) is 6.87. The van der Waals surface area contributed by atoms with E-state index in [0.717, 1.165) is 12.5 Å². The summed E-state index contributed by atoms with van der Waals surface area (Å²) in [7, 11) is 0. The number of thioether (sulfide) groups is 1. The lowest BCUT2D eigenvalue weighted by atomic mass is 10.1. The number of hydrogen-bond acceptors (Lipinski definition) is 2. The Morgan fingerprint density at radius 2 is 2.06 bits per heavy atom. The molecule has 1 nitrogen and oxygen atoms in total. The molecule has 2 aliphatic carbocycles. The Morgan fingerprint density at radius 1 is 1.18 bits per heavy atom. The van der Waals surface area contributed by atoms with E-state index < -0.39 is 0 Å². The maximum atomic E-state index is 3.55. The van der Waals surface area contributed by atoms with Crippen LogP contribution in [0.25, 0.3) is 0 Å². The van der Waals surface area contributed by atoms with Crippen molar-refractivity contribution in [3.05, 3.63) is 29.3 Å². The Bertz CT molecular complexity index is 385. The second-order valence-electron chi connectivity index (χ2n) is 5.28. The van der Waals surface area contributed by atoms with Crippen LogP contribution >= 0.6 is 11.8 Å². The minimum atomic E-state index is 1.000. The summed E-state index contributed by atoms with van der Waals surface area (Å²) in [6, 6.07) is 7.05. The summed E-state index contributed by atoms with van der Waals surface area (Å²) in [5.74, 6) is 2.20. The van der Waals surface area contributed by atoms with Crippen LogP contribution in [0.1, 0.15) is 30.4 Å². The molecule has 0 atom stereocenters. The van der Waals surface area contributed by atoms with Crippen LogP contribution in [-0.4, -0.2) is 18.8 Å². The van der Waals surface area contributed by atoms with E-state index in [1.54, 1.807) is 11.1 Å². The molecule has 2 heteroatoms. The fourth-order valence-electron chi connectivity index (χ4n) is 2.51. The molecule has 0 amide bonds. The van der Waals surface area contributed by atoms with Crippen LogP contribution < -0.4 is 5.32 Å². The summed E-state index contributed by atoms with van der Waals surface area (Å²) in [6.45, 7) is 2.39. The predicted molar refractivity (Wildman–Crippen MR) is 74.8 cm³/mol. The molecule has 0 bridgehead atoms. The molecule has 1 aromatic carbocycles. The van der Waals surface area contributed by atoms with Gasteiger partial charge in [-0.05, 0) is 67.8 Å². The first-order valence-corrected chi connectivity index (χ1v) is 7.86. The van der Waals surface area contributed by atoms with Gasteiger partial charge in [-0.2, -0.15) is 0 Å². The van der Waals surface area contributed by atoms with E-state index in [0.29, 0.717) is 0 Å². The van der Waals surface area contributed by atoms with Gasteiger partial charge >= 0.3 is 0 Å². The number of aryl methyl sites for hydroxylation is 2. The minimum Gasteiger partial charge on any atom is -0.316 e. The maximum absolute atomic E-state index is 3.55. The van der Waals surface area contributed by atoms with Crippen LogP contribution in [0.15, 0.2) is 23.1 Å². The summed E-state index contributed by atoms with van der Waals surface area (Å²) >= 11 is 2.00. The molecule has 0 radical (unpaired) electrons. The third-order valence-electron chi connectivity index (χ3n) is 3.75. The van der Waals surface area contributed by atoms with Gasteiger partial charge in [0.25, 0.3) is 0 Å². The van der Waals surface area contributed by atoms with Gasteiger partial charge in [-0.25, -0.2) is 0 Å². The fourth-order valence-corrected chi connectivity index (χ4v) is 3.38. The highest BCUT2D eigenvalue weighted by Gasteiger charge is 2.19.